The summed E-state index contributed by atoms with van der Waals surface area (Å²) in [6.07, 6.45) is 0. The number of urea groups is 1. The van der Waals surface area contributed by atoms with Crippen molar-refractivity contribution in [1.29, 1.82) is 0 Å². The minimum absolute atomic E-state index is 0.285. The second kappa shape index (κ2) is 5.50. The van der Waals surface area contributed by atoms with E-state index in [4.69, 9.17) is 5.11 Å². The number of carbonyl (C=O) groups excluding carboxylic acids is 1. The van der Waals surface area contributed by atoms with Crippen molar-refractivity contribution in [1.82, 2.24) is 9.80 Å². The molecular weight excluding hydrogens is 228 g/mol. The van der Waals surface area contributed by atoms with E-state index in [-0.39, 0.29) is 12.6 Å². The largest absolute Gasteiger partial charge is 0.480 e. The third-order valence-electron chi connectivity index (χ3n) is 2.03. The number of rotatable bonds is 4. The van der Waals surface area contributed by atoms with Crippen LogP contribution in [-0.4, -0.2) is 47.5 Å². The Hall–Kier alpha value is -1.56. The van der Waals surface area contributed by atoms with Crippen molar-refractivity contribution in [2.24, 2.45) is 0 Å². The number of carbonyl (C=O) groups is 2. The Morgan fingerprint density at radius 1 is 1.38 bits per heavy atom. The maximum absolute atomic E-state index is 11.7. The van der Waals surface area contributed by atoms with Crippen LogP contribution in [0.25, 0.3) is 0 Å². The first-order valence-corrected chi connectivity index (χ1v) is 5.64. The molecule has 0 saturated carbocycles. The van der Waals surface area contributed by atoms with E-state index in [1.807, 2.05) is 16.8 Å². The molecule has 1 rings (SSSR count). The molecule has 1 aromatic rings. The topological polar surface area (TPSA) is 60.9 Å². The number of carboxylic acid groups (broad SMARTS) is 1. The average Bonchev–Trinajstić information content (AvgIpc) is 2.68. The van der Waals surface area contributed by atoms with Crippen molar-refractivity contribution in [3.63, 3.8) is 0 Å². The smallest absolute Gasteiger partial charge is 0.323 e. The molecule has 0 aliphatic heterocycles. The third-order valence-corrected chi connectivity index (χ3v) is 2.76. The molecule has 0 fully saturated rings. The van der Waals surface area contributed by atoms with Gasteiger partial charge in [-0.15, -0.1) is 0 Å². The number of aliphatic carboxylic acids is 1. The van der Waals surface area contributed by atoms with Gasteiger partial charge in [0.1, 0.15) is 6.54 Å². The van der Waals surface area contributed by atoms with Crippen LogP contribution in [0.3, 0.4) is 0 Å². The average molecular weight is 242 g/mol. The summed E-state index contributed by atoms with van der Waals surface area (Å²) in [5.41, 5.74) is 1.05. The summed E-state index contributed by atoms with van der Waals surface area (Å²) in [4.78, 5) is 24.8. The fourth-order valence-electron chi connectivity index (χ4n) is 1.29. The van der Waals surface area contributed by atoms with Crippen molar-refractivity contribution in [3.05, 3.63) is 22.4 Å². The van der Waals surface area contributed by atoms with Crippen LogP contribution in [-0.2, 0) is 11.3 Å². The number of hydrogen-bond donors (Lipinski definition) is 1. The Bertz CT molecular complexity index is 364. The van der Waals surface area contributed by atoms with E-state index in [1.54, 1.807) is 18.4 Å². The maximum atomic E-state index is 11.7. The number of hydrogen-bond acceptors (Lipinski definition) is 3. The highest BCUT2D eigenvalue weighted by atomic mass is 32.1. The van der Waals surface area contributed by atoms with E-state index in [9.17, 15) is 9.59 Å². The number of carboxylic acids is 1. The summed E-state index contributed by atoms with van der Waals surface area (Å²) in [6, 6.07) is 1.64. The van der Waals surface area contributed by atoms with Crippen LogP contribution in [0.2, 0.25) is 0 Å². The van der Waals surface area contributed by atoms with Crippen LogP contribution < -0.4 is 0 Å². The molecule has 0 atom stereocenters. The van der Waals surface area contributed by atoms with Gasteiger partial charge in [0.15, 0.2) is 0 Å². The third kappa shape index (κ3) is 3.54. The number of thiophene rings is 1. The summed E-state index contributed by atoms with van der Waals surface area (Å²) in [7, 11) is 3.12. The molecule has 6 heteroatoms. The molecule has 0 aliphatic rings. The molecule has 16 heavy (non-hydrogen) atoms. The van der Waals surface area contributed by atoms with Crippen molar-refractivity contribution in [2.45, 2.75) is 6.54 Å². The van der Waals surface area contributed by atoms with E-state index in [0.717, 1.165) is 5.56 Å². The highest BCUT2D eigenvalue weighted by Crippen LogP contribution is 2.09. The quantitative estimate of drug-likeness (QED) is 0.866. The van der Waals surface area contributed by atoms with Gasteiger partial charge in [0.05, 0.1) is 0 Å². The predicted molar refractivity (Wildman–Crippen MR) is 61.4 cm³/mol. The van der Waals surface area contributed by atoms with Crippen molar-refractivity contribution in [3.8, 4) is 0 Å². The van der Waals surface area contributed by atoms with Crippen LogP contribution in [0.1, 0.15) is 5.56 Å². The first-order valence-electron chi connectivity index (χ1n) is 4.70. The summed E-state index contributed by atoms with van der Waals surface area (Å²) >= 11 is 1.57. The van der Waals surface area contributed by atoms with E-state index in [1.165, 1.54) is 16.8 Å². The van der Waals surface area contributed by atoms with Crippen molar-refractivity contribution < 1.29 is 14.7 Å². The number of nitrogens with zero attached hydrogens (tertiary/aromatic N) is 2. The lowest BCUT2D eigenvalue weighted by Crippen LogP contribution is -2.40. The molecule has 1 aromatic heterocycles. The first kappa shape index (κ1) is 12.5. The van der Waals surface area contributed by atoms with Gasteiger partial charge in [-0.3, -0.25) is 4.79 Å². The Kier molecular flexibility index (Phi) is 4.30. The predicted octanol–water partition coefficient (Wildman–Crippen LogP) is 1.32. The Labute approximate surface area is 97.9 Å². The van der Waals surface area contributed by atoms with Gasteiger partial charge in [0.25, 0.3) is 0 Å². The van der Waals surface area contributed by atoms with E-state index in [0.29, 0.717) is 6.54 Å². The zero-order valence-corrected chi connectivity index (χ0v) is 10.0. The number of amides is 2. The van der Waals surface area contributed by atoms with Crippen molar-refractivity contribution >= 4 is 23.3 Å². The summed E-state index contributed by atoms with van der Waals surface area (Å²) in [6.45, 7) is 0.207. The minimum Gasteiger partial charge on any atom is -0.480 e. The summed E-state index contributed by atoms with van der Waals surface area (Å²) < 4.78 is 0. The highest BCUT2D eigenvalue weighted by Gasteiger charge is 2.16. The van der Waals surface area contributed by atoms with Gasteiger partial charge >= 0.3 is 12.0 Å². The Morgan fingerprint density at radius 3 is 2.56 bits per heavy atom. The molecule has 0 aromatic carbocycles. The number of likely N-dealkylation sites (N-methyl/N-ethyl adjacent to an activating group) is 1. The van der Waals surface area contributed by atoms with Gasteiger partial charge < -0.3 is 14.9 Å². The molecule has 0 aliphatic carbocycles. The zero-order chi connectivity index (χ0) is 12.1. The highest BCUT2D eigenvalue weighted by molar-refractivity contribution is 7.07. The molecular formula is C10H14N2O3S. The normalized spacial score (nSPS) is 9.88. The van der Waals surface area contributed by atoms with Gasteiger partial charge in [-0.25, -0.2) is 4.79 Å². The zero-order valence-electron chi connectivity index (χ0n) is 9.21. The van der Waals surface area contributed by atoms with Gasteiger partial charge in [-0.1, -0.05) is 0 Å². The Balaban J connectivity index is 2.50. The first-order chi connectivity index (χ1) is 7.50. The Morgan fingerprint density at radius 2 is 2.06 bits per heavy atom. The molecule has 1 N–H and O–H groups in total. The molecule has 88 valence electrons. The lowest BCUT2D eigenvalue weighted by atomic mass is 10.3. The van der Waals surface area contributed by atoms with Gasteiger partial charge in [-0.2, -0.15) is 11.3 Å². The monoisotopic (exact) mass is 242 g/mol. The van der Waals surface area contributed by atoms with Crippen LogP contribution in [0.4, 0.5) is 4.79 Å². The van der Waals surface area contributed by atoms with Gasteiger partial charge in [0, 0.05) is 20.6 Å². The lowest BCUT2D eigenvalue weighted by Gasteiger charge is -2.23. The molecule has 0 bridgehead atoms. The van der Waals surface area contributed by atoms with Crippen LogP contribution >= 0.6 is 11.3 Å². The molecule has 2 amide bonds. The standard InChI is InChI=1S/C10H14N2O3S/c1-11(5-8-3-4-16-7-8)10(15)12(2)6-9(13)14/h3-4,7H,5-6H2,1-2H3,(H,13,14). The minimum atomic E-state index is -1.01. The molecule has 0 spiro atoms. The van der Waals surface area contributed by atoms with Crippen LogP contribution in [0.15, 0.2) is 16.8 Å². The fraction of sp³-hybridized carbons (Fsp3) is 0.400. The van der Waals surface area contributed by atoms with E-state index in [2.05, 4.69) is 0 Å². The summed E-state index contributed by atoms with van der Waals surface area (Å²) in [5, 5.41) is 12.5. The van der Waals surface area contributed by atoms with Crippen LogP contribution in [0, 0.1) is 0 Å². The van der Waals surface area contributed by atoms with Crippen LogP contribution in [0.5, 0.6) is 0 Å². The van der Waals surface area contributed by atoms with Crippen molar-refractivity contribution in [2.75, 3.05) is 20.6 Å². The molecule has 0 radical (unpaired) electrons. The molecule has 1 heterocycles. The van der Waals surface area contributed by atoms with Gasteiger partial charge in [-0.05, 0) is 22.4 Å². The summed E-state index contributed by atoms with van der Waals surface area (Å²) in [5.74, 6) is -1.01. The maximum Gasteiger partial charge on any atom is 0.323 e. The molecule has 5 nitrogen and oxygen atoms in total. The van der Waals surface area contributed by atoms with Gasteiger partial charge in [0.2, 0.25) is 0 Å². The fourth-order valence-corrected chi connectivity index (χ4v) is 1.95. The van der Waals surface area contributed by atoms with E-state index < -0.39 is 5.97 Å². The SMILES string of the molecule is CN(CC(=O)O)C(=O)N(C)Cc1ccsc1. The second-order valence-electron chi connectivity index (χ2n) is 3.52. The second-order valence-corrected chi connectivity index (χ2v) is 4.30. The lowest BCUT2D eigenvalue weighted by molar-refractivity contribution is -0.137. The van der Waals surface area contributed by atoms with E-state index >= 15 is 0 Å². The molecule has 0 saturated heterocycles. The molecule has 0 unspecified atom stereocenters.